The summed E-state index contributed by atoms with van der Waals surface area (Å²) in [4.78, 5) is 8.89. The molecule has 0 aliphatic heterocycles. The Bertz CT molecular complexity index is 645. The summed E-state index contributed by atoms with van der Waals surface area (Å²) in [7, 11) is 0. The predicted octanol–water partition coefficient (Wildman–Crippen LogP) is 2.82. The predicted molar refractivity (Wildman–Crippen MR) is 75.0 cm³/mol. The van der Waals surface area contributed by atoms with Crippen molar-refractivity contribution in [3.05, 3.63) is 39.7 Å². The van der Waals surface area contributed by atoms with Crippen molar-refractivity contribution < 1.29 is 4.39 Å². The zero-order chi connectivity index (χ0) is 13.4. The van der Waals surface area contributed by atoms with Gasteiger partial charge in [-0.1, -0.05) is 0 Å². The second kappa shape index (κ2) is 4.86. The number of hydrogen-bond acceptors (Lipinski definition) is 4. The first kappa shape index (κ1) is 12.5. The van der Waals surface area contributed by atoms with Crippen LogP contribution in [0.15, 0.2) is 22.7 Å². The van der Waals surface area contributed by atoms with Crippen molar-refractivity contribution in [3.8, 4) is 11.4 Å². The van der Waals surface area contributed by atoms with Gasteiger partial charge in [0.1, 0.15) is 11.6 Å². The molecule has 0 spiro atoms. The minimum Gasteiger partial charge on any atom is -0.308 e. The number of hydrazine groups is 1. The zero-order valence-electron chi connectivity index (χ0n) is 10.1. The van der Waals surface area contributed by atoms with Crippen LogP contribution < -0.4 is 11.3 Å². The lowest BCUT2D eigenvalue weighted by atomic mass is 10.2. The molecule has 0 fully saturated rings. The van der Waals surface area contributed by atoms with Crippen molar-refractivity contribution in [2.24, 2.45) is 5.84 Å². The third-order valence-electron chi connectivity index (χ3n) is 3.25. The van der Waals surface area contributed by atoms with Gasteiger partial charge in [0.2, 0.25) is 0 Å². The lowest BCUT2D eigenvalue weighted by Gasteiger charge is -2.09. The van der Waals surface area contributed by atoms with Crippen LogP contribution in [0, 0.1) is 5.82 Å². The van der Waals surface area contributed by atoms with Crippen molar-refractivity contribution in [2.75, 3.05) is 5.43 Å². The summed E-state index contributed by atoms with van der Waals surface area (Å²) in [5.41, 5.74) is 5.33. The van der Waals surface area contributed by atoms with Gasteiger partial charge in [0.15, 0.2) is 5.82 Å². The molecule has 0 radical (unpaired) electrons. The highest BCUT2D eigenvalue weighted by molar-refractivity contribution is 9.10. The molecular formula is C13H12BrFN4. The fraction of sp³-hybridized carbons (Fsp3) is 0.231. The molecule has 0 amide bonds. The van der Waals surface area contributed by atoms with Gasteiger partial charge in [0, 0.05) is 16.8 Å². The summed E-state index contributed by atoms with van der Waals surface area (Å²) in [6, 6.07) is 4.85. The summed E-state index contributed by atoms with van der Waals surface area (Å²) >= 11 is 3.13. The standard InChI is InChI=1S/C13H12BrFN4/c14-9-5-4-7(6-10(9)15)12-17-11-3-1-2-8(11)13(18-12)19-16/h4-6H,1-3,16H2,(H,17,18,19). The second-order valence-corrected chi connectivity index (χ2v) is 5.30. The maximum atomic E-state index is 13.6. The molecule has 3 rings (SSSR count). The van der Waals surface area contributed by atoms with E-state index in [4.69, 9.17) is 5.84 Å². The normalized spacial score (nSPS) is 13.4. The number of halogens is 2. The number of hydrogen-bond donors (Lipinski definition) is 2. The number of nitrogens with two attached hydrogens (primary N) is 1. The molecule has 0 unspecified atom stereocenters. The molecule has 6 heteroatoms. The third kappa shape index (κ3) is 2.21. The molecule has 19 heavy (non-hydrogen) atoms. The van der Waals surface area contributed by atoms with E-state index in [0.29, 0.717) is 21.7 Å². The maximum Gasteiger partial charge on any atom is 0.161 e. The number of rotatable bonds is 2. The summed E-state index contributed by atoms with van der Waals surface area (Å²) in [5, 5.41) is 0. The van der Waals surface area contributed by atoms with E-state index in [-0.39, 0.29) is 5.82 Å². The van der Waals surface area contributed by atoms with E-state index in [1.54, 1.807) is 12.1 Å². The van der Waals surface area contributed by atoms with Crippen molar-refractivity contribution in [2.45, 2.75) is 19.3 Å². The van der Waals surface area contributed by atoms with E-state index in [1.807, 2.05) is 0 Å². The van der Waals surface area contributed by atoms with Crippen LogP contribution in [0.25, 0.3) is 11.4 Å². The van der Waals surface area contributed by atoms with Crippen LogP contribution in [0.2, 0.25) is 0 Å². The molecule has 1 aliphatic carbocycles. The minimum absolute atomic E-state index is 0.330. The van der Waals surface area contributed by atoms with E-state index in [2.05, 4.69) is 31.3 Å². The van der Waals surface area contributed by atoms with Crippen molar-refractivity contribution >= 4 is 21.7 Å². The number of benzene rings is 1. The maximum absolute atomic E-state index is 13.6. The van der Waals surface area contributed by atoms with E-state index >= 15 is 0 Å². The number of nitrogens with one attached hydrogen (secondary N) is 1. The second-order valence-electron chi connectivity index (χ2n) is 4.45. The highest BCUT2D eigenvalue weighted by Crippen LogP contribution is 2.29. The summed E-state index contributed by atoms with van der Waals surface area (Å²) in [6.45, 7) is 0. The van der Waals surface area contributed by atoms with Gasteiger partial charge in [-0.05, 0) is 53.4 Å². The summed E-state index contributed by atoms with van der Waals surface area (Å²) in [6.07, 6.45) is 2.90. The van der Waals surface area contributed by atoms with Crippen LogP contribution in [-0.4, -0.2) is 9.97 Å². The Morgan fingerprint density at radius 2 is 2.11 bits per heavy atom. The smallest absolute Gasteiger partial charge is 0.161 e. The van der Waals surface area contributed by atoms with Crippen LogP contribution >= 0.6 is 15.9 Å². The molecule has 98 valence electrons. The number of fused-ring (bicyclic) bond motifs is 1. The lowest BCUT2D eigenvalue weighted by Crippen LogP contribution is -2.12. The number of aromatic nitrogens is 2. The van der Waals surface area contributed by atoms with E-state index < -0.39 is 0 Å². The topological polar surface area (TPSA) is 63.8 Å². The zero-order valence-corrected chi connectivity index (χ0v) is 11.7. The van der Waals surface area contributed by atoms with Gasteiger partial charge in [-0.25, -0.2) is 20.2 Å². The Labute approximate surface area is 118 Å². The molecular weight excluding hydrogens is 311 g/mol. The first-order chi connectivity index (χ1) is 9.19. The monoisotopic (exact) mass is 322 g/mol. The average Bonchev–Trinajstić information content (AvgIpc) is 2.89. The first-order valence-corrected chi connectivity index (χ1v) is 6.80. The Morgan fingerprint density at radius 3 is 2.84 bits per heavy atom. The lowest BCUT2D eigenvalue weighted by molar-refractivity contribution is 0.621. The van der Waals surface area contributed by atoms with Gasteiger partial charge in [-0.3, -0.25) is 0 Å². The Balaban J connectivity index is 2.12. The Morgan fingerprint density at radius 1 is 1.26 bits per heavy atom. The number of aryl methyl sites for hydroxylation is 1. The summed E-state index contributed by atoms with van der Waals surface area (Å²) in [5.74, 6) is 6.31. The molecule has 1 aliphatic rings. The highest BCUT2D eigenvalue weighted by Gasteiger charge is 2.19. The number of nitrogens with zero attached hydrogens (tertiary/aromatic N) is 2. The molecule has 0 saturated heterocycles. The molecule has 4 nitrogen and oxygen atoms in total. The third-order valence-corrected chi connectivity index (χ3v) is 3.89. The fourth-order valence-corrected chi connectivity index (χ4v) is 2.56. The van der Waals surface area contributed by atoms with E-state index in [9.17, 15) is 4.39 Å². The van der Waals surface area contributed by atoms with E-state index in [1.165, 1.54) is 6.07 Å². The molecule has 0 atom stereocenters. The molecule has 0 bridgehead atoms. The van der Waals surface area contributed by atoms with Crippen LogP contribution in [-0.2, 0) is 12.8 Å². The molecule has 1 heterocycles. The number of anilines is 1. The van der Waals surface area contributed by atoms with Crippen molar-refractivity contribution in [1.82, 2.24) is 9.97 Å². The van der Waals surface area contributed by atoms with Gasteiger partial charge in [-0.2, -0.15) is 0 Å². The fourth-order valence-electron chi connectivity index (χ4n) is 2.32. The van der Waals surface area contributed by atoms with Crippen molar-refractivity contribution in [1.29, 1.82) is 0 Å². The summed E-state index contributed by atoms with van der Waals surface area (Å²) < 4.78 is 14.0. The molecule has 1 aromatic carbocycles. The SMILES string of the molecule is NNc1nc(-c2ccc(Br)c(F)c2)nc2c1CCC2. The molecule has 0 saturated carbocycles. The first-order valence-electron chi connectivity index (χ1n) is 6.01. The Hall–Kier alpha value is -1.53. The quantitative estimate of drug-likeness (QED) is 0.659. The molecule has 1 aromatic heterocycles. The van der Waals surface area contributed by atoms with Crippen molar-refractivity contribution in [3.63, 3.8) is 0 Å². The van der Waals surface area contributed by atoms with Crippen LogP contribution in [0.4, 0.5) is 10.2 Å². The van der Waals surface area contributed by atoms with Gasteiger partial charge < -0.3 is 5.43 Å². The van der Waals surface area contributed by atoms with Gasteiger partial charge in [0.05, 0.1) is 4.47 Å². The van der Waals surface area contributed by atoms with E-state index in [0.717, 1.165) is 30.5 Å². The molecule has 2 aromatic rings. The van der Waals surface area contributed by atoms with Gasteiger partial charge in [-0.15, -0.1) is 0 Å². The van der Waals surface area contributed by atoms with Crippen LogP contribution in [0.1, 0.15) is 17.7 Å². The van der Waals surface area contributed by atoms with Crippen LogP contribution in [0.5, 0.6) is 0 Å². The van der Waals surface area contributed by atoms with Gasteiger partial charge >= 0.3 is 0 Å². The van der Waals surface area contributed by atoms with Crippen LogP contribution in [0.3, 0.4) is 0 Å². The average molecular weight is 323 g/mol. The minimum atomic E-state index is -0.330. The highest BCUT2D eigenvalue weighted by atomic mass is 79.9. The van der Waals surface area contributed by atoms with Gasteiger partial charge in [0.25, 0.3) is 0 Å². The Kier molecular flexibility index (Phi) is 3.20. The molecule has 3 N–H and O–H groups in total. The largest absolute Gasteiger partial charge is 0.308 e. The number of nitrogen functional groups attached to an aromatic ring is 1.